The lowest BCUT2D eigenvalue weighted by molar-refractivity contribution is -0.365. The molecular formula is C30H42O13. The second-order valence-electron chi connectivity index (χ2n) is 13.0. The molecule has 4 rings (SSSR count). The molecule has 3 aliphatic carbocycles. The van der Waals surface area contributed by atoms with E-state index in [0.29, 0.717) is 5.57 Å². The van der Waals surface area contributed by atoms with E-state index in [-0.39, 0.29) is 25.0 Å². The Morgan fingerprint density at radius 1 is 0.767 bits per heavy atom. The van der Waals surface area contributed by atoms with Gasteiger partial charge in [0.15, 0.2) is 12.2 Å². The van der Waals surface area contributed by atoms with Crippen molar-refractivity contribution in [3.8, 4) is 0 Å². The molecule has 0 aromatic carbocycles. The minimum atomic E-state index is -2.08. The van der Waals surface area contributed by atoms with Crippen LogP contribution in [0.15, 0.2) is 11.1 Å². The van der Waals surface area contributed by atoms with Crippen molar-refractivity contribution in [1.29, 1.82) is 0 Å². The highest BCUT2D eigenvalue weighted by molar-refractivity contribution is 5.70. The van der Waals surface area contributed by atoms with Gasteiger partial charge in [-0.2, -0.15) is 0 Å². The number of ether oxygens (including phenoxy) is 6. The summed E-state index contributed by atoms with van der Waals surface area (Å²) in [6.07, 6.45) is -7.80. The van der Waals surface area contributed by atoms with Gasteiger partial charge in [0.25, 0.3) is 0 Å². The van der Waals surface area contributed by atoms with Gasteiger partial charge in [-0.3, -0.25) is 24.0 Å². The first-order valence-electron chi connectivity index (χ1n) is 14.3. The van der Waals surface area contributed by atoms with Crippen molar-refractivity contribution in [3.63, 3.8) is 0 Å². The van der Waals surface area contributed by atoms with E-state index in [1.54, 1.807) is 27.7 Å². The van der Waals surface area contributed by atoms with Crippen molar-refractivity contribution in [1.82, 2.24) is 0 Å². The Morgan fingerprint density at radius 3 is 1.74 bits per heavy atom. The van der Waals surface area contributed by atoms with Crippen LogP contribution < -0.4 is 0 Å². The van der Waals surface area contributed by atoms with Crippen LogP contribution in [0, 0.1) is 16.7 Å². The van der Waals surface area contributed by atoms with Crippen molar-refractivity contribution < 1.29 is 62.6 Å². The Labute approximate surface area is 250 Å². The number of rotatable bonds is 5. The van der Waals surface area contributed by atoms with Crippen LogP contribution in [-0.2, 0) is 52.4 Å². The van der Waals surface area contributed by atoms with E-state index >= 15 is 0 Å². The minimum Gasteiger partial charge on any atom is -0.462 e. The van der Waals surface area contributed by atoms with Gasteiger partial charge >= 0.3 is 29.8 Å². The fourth-order valence-electron chi connectivity index (χ4n) is 8.18. The molecule has 0 aromatic heterocycles. The average molecular weight is 611 g/mol. The van der Waals surface area contributed by atoms with Gasteiger partial charge in [-0.25, -0.2) is 0 Å². The summed E-state index contributed by atoms with van der Waals surface area (Å²) >= 11 is 0. The number of carbonyl (C=O) groups is 5. The molecule has 1 aliphatic heterocycles. The predicted molar refractivity (Wildman–Crippen MR) is 145 cm³/mol. The molecule has 1 saturated heterocycles. The molecule has 2 saturated carbocycles. The first kappa shape index (κ1) is 32.9. The molecule has 0 unspecified atom stereocenters. The van der Waals surface area contributed by atoms with Crippen molar-refractivity contribution in [2.45, 2.75) is 123 Å². The van der Waals surface area contributed by atoms with E-state index in [2.05, 4.69) is 0 Å². The van der Waals surface area contributed by atoms with Gasteiger partial charge in [-0.05, 0) is 18.1 Å². The second-order valence-corrected chi connectivity index (χ2v) is 13.0. The Balaban J connectivity index is 2.18. The maximum Gasteiger partial charge on any atom is 0.303 e. The molecule has 2 bridgehead atoms. The summed E-state index contributed by atoms with van der Waals surface area (Å²) in [5.74, 6) is -4.97. The van der Waals surface area contributed by atoms with Gasteiger partial charge in [-0.15, -0.1) is 0 Å². The second kappa shape index (κ2) is 10.8. The Kier molecular flexibility index (Phi) is 8.29. The average Bonchev–Trinajstić information content (AvgIpc) is 2.84. The zero-order chi connectivity index (χ0) is 32.4. The third-order valence-electron chi connectivity index (χ3n) is 10.0. The summed E-state index contributed by atoms with van der Waals surface area (Å²) in [4.78, 5) is 63.0. The van der Waals surface area contributed by atoms with E-state index < -0.39 is 94.4 Å². The maximum atomic E-state index is 12.9. The third-order valence-corrected chi connectivity index (χ3v) is 10.0. The van der Waals surface area contributed by atoms with Gasteiger partial charge in [0.05, 0.1) is 18.1 Å². The highest BCUT2D eigenvalue weighted by Crippen LogP contribution is 2.65. The lowest BCUT2D eigenvalue weighted by atomic mass is 9.44. The maximum absolute atomic E-state index is 12.9. The van der Waals surface area contributed by atoms with Gasteiger partial charge in [0.2, 0.25) is 0 Å². The van der Waals surface area contributed by atoms with Crippen LogP contribution in [0.1, 0.15) is 75.2 Å². The van der Waals surface area contributed by atoms with Gasteiger partial charge in [0.1, 0.15) is 29.5 Å². The first-order valence-corrected chi connectivity index (χ1v) is 14.3. The highest BCUT2D eigenvalue weighted by atomic mass is 16.6. The van der Waals surface area contributed by atoms with Crippen molar-refractivity contribution in [2.75, 3.05) is 6.61 Å². The molecule has 13 heteroatoms. The number of esters is 5. The normalized spacial score (nSPS) is 41.1. The van der Waals surface area contributed by atoms with Crippen molar-refractivity contribution >= 4 is 29.8 Å². The summed E-state index contributed by atoms with van der Waals surface area (Å²) in [5, 5.41) is 25.2. The smallest absolute Gasteiger partial charge is 0.303 e. The van der Waals surface area contributed by atoms with Gasteiger partial charge < -0.3 is 38.6 Å². The summed E-state index contributed by atoms with van der Waals surface area (Å²) in [7, 11) is 0. The van der Waals surface area contributed by atoms with E-state index in [1.165, 1.54) is 20.8 Å². The van der Waals surface area contributed by atoms with E-state index in [9.17, 15) is 34.2 Å². The van der Waals surface area contributed by atoms with E-state index in [1.807, 2.05) is 0 Å². The molecule has 0 radical (unpaired) electrons. The minimum absolute atomic E-state index is 0.0314. The molecule has 1 heterocycles. The van der Waals surface area contributed by atoms with E-state index in [4.69, 9.17) is 28.4 Å². The predicted octanol–water partition coefficient (Wildman–Crippen LogP) is 1.29. The SMILES string of the molecule is CC(=O)O[C@H]1C[C@@]2(O)[C@@H](OC(C)=O)[C@@H]3[C@]4(O)CO[C@@H]4C[C@H](OC(C)=O)[C@@]3(C)[C@H](OC(C)=O)[C@H](OC(C)=O)C(=C1C)C2(C)C. The zero-order valence-electron chi connectivity index (χ0n) is 26.0. The van der Waals surface area contributed by atoms with Crippen LogP contribution in [0.5, 0.6) is 0 Å². The lowest BCUT2D eigenvalue weighted by Crippen LogP contribution is -2.82. The van der Waals surface area contributed by atoms with Crippen LogP contribution in [0.2, 0.25) is 0 Å². The van der Waals surface area contributed by atoms with Crippen LogP contribution >= 0.6 is 0 Å². The molecule has 13 nitrogen and oxygen atoms in total. The van der Waals surface area contributed by atoms with Crippen LogP contribution in [0.4, 0.5) is 0 Å². The summed E-state index contributed by atoms with van der Waals surface area (Å²) in [5.41, 5.74) is -6.20. The molecule has 0 aromatic rings. The number of fused-ring (bicyclic) bond motifs is 5. The van der Waals surface area contributed by atoms with Crippen LogP contribution in [-0.4, -0.2) is 94.5 Å². The van der Waals surface area contributed by atoms with Crippen LogP contribution in [0.25, 0.3) is 0 Å². The Bertz CT molecular complexity index is 1250. The topological polar surface area (TPSA) is 181 Å². The summed E-state index contributed by atoms with van der Waals surface area (Å²) in [6, 6.07) is 0. The monoisotopic (exact) mass is 610 g/mol. The molecule has 240 valence electrons. The highest BCUT2D eigenvalue weighted by Gasteiger charge is 2.78. The van der Waals surface area contributed by atoms with E-state index in [0.717, 1.165) is 13.8 Å². The molecular weight excluding hydrogens is 568 g/mol. The fourth-order valence-corrected chi connectivity index (χ4v) is 8.18. The summed E-state index contributed by atoms with van der Waals surface area (Å²) in [6.45, 7) is 12.2. The number of aliphatic hydroxyl groups is 2. The van der Waals surface area contributed by atoms with Crippen LogP contribution in [0.3, 0.4) is 0 Å². The number of hydrogen-bond donors (Lipinski definition) is 2. The zero-order valence-corrected chi connectivity index (χ0v) is 26.0. The Hall–Kier alpha value is -3.03. The summed E-state index contributed by atoms with van der Waals surface area (Å²) < 4.78 is 35.1. The number of hydrogen-bond acceptors (Lipinski definition) is 13. The molecule has 0 amide bonds. The number of carbonyl (C=O) groups excluding carboxylic acids is 5. The largest absolute Gasteiger partial charge is 0.462 e. The Morgan fingerprint density at radius 2 is 1.28 bits per heavy atom. The standard InChI is InChI=1S/C30H42O13/c1-13-19(39-14(2)31)11-30(37)26(43-18(6)35)24-28(9,20(40-15(3)32)10-21-29(24,36)12-38-21)25(42-17(5)34)23(41-16(4)33)22(13)27(30,7)8/h19-21,23-26,36-37H,10-12H2,1-9H3/t19-,20-,21+,23+,24-,25+,26-,28+,29-,30+/m0/s1. The molecule has 10 atom stereocenters. The lowest BCUT2D eigenvalue weighted by Gasteiger charge is -2.68. The van der Waals surface area contributed by atoms with Gasteiger partial charge in [0, 0.05) is 58.8 Å². The molecule has 0 spiro atoms. The van der Waals surface area contributed by atoms with Crippen molar-refractivity contribution in [3.05, 3.63) is 11.1 Å². The third kappa shape index (κ3) is 5.02. The molecule has 2 N–H and O–H groups in total. The van der Waals surface area contributed by atoms with Crippen molar-refractivity contribution in [2.24, 2.45) is 16.7 Å². The molecule has 4 aliphatic rings. The quantitative estimate of drug-likeness (QED) is 0.258. The molecule has 3 fully saturated rings. The first-order chi connectivity index (χ1) is 19.7. The molecule has 43 heavy (non-hydrogen) atoms. The fraction of sp³-hybridized carbons (Fsp3) is 0.767. The van der Waals surface area contributed by atoms with Gasteiger partial charge in [-0.1, -0.05) is 20.8 Å².